The van der Waals surface area contributed by atoms with Gasteiger partial charge in [0.25, 0.3) is 5.91 Å². The van der Waals surface area contributed by atoms with Crippen molar-refractivity contribution in [2.75, 3.05) is 13.2 Å². The average molecular weight is 858 g/mol. The molecule has 10 heteroatoms. The third-order valence-corrected chi connectivity index (χ3v) is 15.7. The molecule has 9 nitrogen and oxygen atoms in total. The Balaban J connectivity index is 1.63. The molecular formula is C52H63NO8Si. The summed E-state index contributed by atoms with van der Waals surface area (Å²) < 4.78 is 40.2. The monoisotopic (exact) mass is 857 g/mol. The van der Waals surface area contributed by atoms with Crippen LogP contribution in [0.2, 0.25) is 18.1 Å². The highest BCUT2D eigenvalue weighted by Crippen LogP contribution is 2.30. The van der Waals surface area contributed by atoms with Crippen molar-refractivity contribution in [3.8, 4) is 0 Å². The lowest BCUT2D eigenvalue weighted by Crippen LogP contribution is -2.59. The van der Waals surface area contributed by atoms with Crippen molar-refractivity contribution < 1.29 is 37.7 Å². The van der Waals surface area contributed by atoms with E-state index in [9.17, 15) is 4.79 Å². The summed E-state index contributed by atoms with van der Waals surface area (Å²) >= 11 is 0. The summed E-state index contributed by atoms with van der Waals surface area (Å²) in [6.45, 7) is 11.2. The maximum Gasteiger partial charge on any atom is 0.329 e. The number of esters is 1. The Labute approximate surface area is 369 Å². The van der Waals surface area contributed by atoms with Crippen molar-refractivity contribution in [2.45, 2.75) is 102 Å². The third kappa shape index (κ3) is 15.3. The summed E-state index contributed by atoms with van der Waals surface area (Å²) in [5.41, 5.74) is 4.56. The molecule has 5 aromatic carbocycles. The van der Waals surface area contributed by atoms with Crippen LogP contribution < -0.4 is 5.32 Å². The summed E-state index contributed by atoms with van der Waals surface area (Å²) in [4.78, 5) is 28.9. The van der Waals surface area contributed by atoms with Crippen LogP contribution in [0.3, 0.4) is 0 Å². The van der Waals surface area contributed by atoms with Crippen LogP contribution in [0.1, 0.15) is 48.6 Å². The summed E-state index contributed by atoms with van der Waals surface area (Å²) in [6, 6.07) is 50.4. The lowest BCUT2D eigenvalue weighted by Gasteiger charge is -2.41. The molecule has 5 atom stereocenters. The minimum atomic E-state index is -2.37. The lowest BCUT2D eigenvalue weighted by molar-refractivity contribution is -0.190. The van der Waals surface area contributed by atoms with E-state index in [4.69, 9.17) is 28.1 Å². The van der Waals surface area contributed by atoms with Crippen LogP contribution >= 0.6 is 0 Å². The normalized spacial score (nSPS) is 13.9. The lowest BCUT2D eigenvalue weighted by atomic mass is 10.00. The molecule has 0 aromatic heterocycles. The van der Waals surface area contributed by atoms with E-state index in [1.165, 1.54) is 6.08 Å². The first-order chi connectivity index (χ1) is 30.4. The molecule has 0 aliphatic carbocycles. The van der Waals surface area contributed by atoms with Gasteiger partial charge in [0.05, 0.1) is 39.1 Å². The number of carbonyl (C=O) groups excluding carboxylic acids is 2. The number of nitrogens with one attached hydrogen (secondary N) is 1. The van der Waals surface area contributed by atoms with Crippen LogP contribution in [0.5, 0.6) is 0 Å². The molecule has 1 amide bonds. The van der Waals surface area contributed by atoms with Gasteiger partial charge in [0.2, 0.25) is 0 Å². The zero-order valence-corrected chi connectivity index (χ0v) is 37.4. The van der Waals surface area contributed by atoms with E-state index in [1.54, 1.807) is 0 Å². The molecule has 0 saturated carbocycles. The number of rotatable bonds is 28. The molecule has 0 unspecified atom stereocenters. The second kappa shape index (κ2) is 26.3. The fourth-order valence-electron chi connectivity index (χ4n) is 7.30. The zero-order valence-electron chi connectivity index (χ0n) is 36.4. The Hall–Kier alpha value is -5.20. The van der Waals surface area contributed by atoms with Crippen molar-refractivity contribution in [3.63, 3.8) is 0 Å². The molecule has 328 valence electrons. The average Bonchev–Trinajstić information content (AvgIpc) is 3.32. The molecule has 0 heterocycles. The van der Waals surface area contributed by atoms with E-state index >= 15 is 4.79 Å². The van der Waals surface area contributed by atoms with Gasteiger partial charge in [-0.2, -0.15) is 0 Å². The molecule has 0 bridgehead atoms. The molecule has 0 aliphatic heterocycles. The zero-order chi connectivity index (χ0) is 43.8. The highest BCUT2D eigenvalue weighted by atomic mass is 28.4. The summed E-state index contributed by atoms with van der Waals surface area (Å²) in [7, 11) is -2.37. The molecule has 0 radical (unpaired) electrons. The van der Waals surface area contributed by atoms with Gasteiger partial charge in [-0.3, -0.25) is 4.79 Å². The van der Waals surface area contributed by atoms with E-state index in [2.05, 4.69) is 32.7 Å². The molecule has 0 fully saturated rings. The molecular weight excluding hydrogens is 795 g/mol. The first kappa shape index (κ1) is 47.8. The molecule has 0 saturated heterocycles. The standard InChI is InChI=1S/C52H63NO8Si/c1-5-34-57-52(55)46(35-41-24-14-9-15-25-41)53-51(54)50(60-39-45-32-22-13-23-33-45)49(59-38-44-30-20-12-21-31-44)48(58-37-43-28-18-11-19-29-43)47(61-62(6-2,7-3)8-4)40-56-36-42-26-16-10-17-27-42/h5,9-33,46-50H,1,6-8,34-40H2,2-4H3,(H,53,54)/t46-,47+,48+,49-,50+/m0/s1. The van der Waals surface area contributed by atoms with Crippen LogP contribution in [-0.2, 0) is 70.5 Å². The van der Waals surface area contributed by atoms with Crippen LogP contribution in [-0.4, -0.2) is 63.9 Å². The highest BCUT2D eigenvalue weighted by molar-refractivity contribution is 6.73. The van der Waals surface area contributed by atoms with Crippen molar-refractivity contribution >= 4 is 20.2 Å². The smallest absolute Gasteiger partial charge is 0.329 e. The van der Waals surface area contributed by atoms with Gasteiger partial charge in [-0.05, 0) is 45.9 Å². The fourth-order valence-corrected chi connectivity index (χ4v) is 10.1. The Morgan fingerprint density at radius 3 is 1.45 bits per heavy atom. The van der Waals surface area contributed by atoms with Gasteiger partial charge < -0.3 is 33.4 Å². The van der Waals surface area contributed by atoms with E-state index < -0.39 is 50.7 Å². The number of carbonyl (C=O) groups is 2. The highest BCUT2D eigenvalue weighted by Gasteiger charge is 2.45. The second-order valence-corrected chi connectivity index (χ2v) is 20.0. The summed E-state index contributed by atoms with van der Waals surface area (Å²) in [5, 5.41) is 3.03. The van der Waals surface area contributed by atoms with Gasteiger partial charge in [0, 0.05) is 6.42 Å². The van der Waals surface area contributed by atoms with E-state index in [0.29, 0.717) is 6.61 Å². The van der Waals surface area contributed by atoms with Crippen molar-refractivity contribution in [1.82, 2.24) is 5.32 Å². The van der Waals surface area contributed by atoms with Crippen molar-refractivity contribution in [2.24, 2.45) is 0 Å². The van der Waals surface area contributed by atoms with Crippen molar-refractivity contribution in [3.05, 3.63) is 192 Å². The molecule has 5 rings (SSSR count). The van der Waals surface area contributed by atoms with E-state index in [0.717, 1.165) is 45.9 Å². The van der Waals surface area contributed by atoms with Crippen LogP contribution in [0.15, 0.2) is 164 Å². The van der Waals surface area contributed by atoms with Gasteiger partial charge in [0.15, 0.2) is 14.4 Å². The van der Waals surface area contributed by atoms with E-state index in [-0.39, 0.29) is 39.5 Å². The Morgan fingerprint density at radius 2 is 1.00 bits per heavy atom. The number of hydrogen-bond acceptors (Lipinski definition) is 8. The summed E-state index contributed by atoms with van der Waals surface area (Å²) in [5.74, 6) is -1.15. The minimum absolute atomic E-state index is 0.00787. The Bertz CT molecular complexity index is 1990. The van der Waals surface area contributed by atoms with Gasteiger partial charge >= 0.3 is 5.97 Å². The predicted molar refractivity (Wildman–Crippen MR) is 246 cm³/mol. The predicted octanol–water partition coefficient (Wildman–Crippen LogP) is 9.81. The number of ether oxygens (including phenoxy) is 5. The first-order valence-corrected chi connectivity index (χ1v) is 24.3. The van der Waals surface area contributed by atoms with Crippen LogP contribution in [0.25, 0.3) is 0 Å². The quantitative estimate of drug-likeness (QED) is 0.0302. The van der Waals surface area contributed by atoms with E-state index in [1.807, 2.05) is 152 Å². The first-order valence-electron chi connectivity index (χ1n) is 21.7. The number of hydrogen-bond donors (Lipinski definition) is 1. The van der Waals surface area contributed by atoms with Crippen LogP contribution in [0, 0.1) is 0 Å². The van der Waals surface area contributed by atoms with Crippen molar-refractivity contribution in [1.29, 1.82) is 0 Å². The largest absolute Gasteiger partial charge is 0.460 e. The molecule has 0 aliphatic rings. The van der Waals surface area contributed by atoms with Gasteiger partial charge in [-0.15, -0.1) is 0 Å². The minimum Gasteiger partial charge on any atom is -0.460 e. The van der Waals surface area contributed by atoms with Gasteiger partial charge in [-0.1, -0.05) is 185 Å². The molecule has 0 spiro atoms. The molecule has 1 N–H and O–H groups in total. The van der Waals surface area contributed by atoms with Gasteiger partial charge in [0.1, 0.15) is 24.9 Å². The number of amides is 1. The number of benzene rings is 5. The second-order valence-electron chi connectivity index (χ2n) is 15.3. The maximum absolute atomic E-state index is 15.2. The Kier molecular flexibility index (Phi) is 20.3. The van der Waals surface area contributed by atoms with Crippen LogP contribution in [0.4, 0.5) is 0 Å². The summed E-state index contributed by atoms with van der Waals surface area (Å²) in [6.07, 6.45) is -2.24. The maximum atomic E-state index is 15.2. The fraction of sp³-hybridized carbons (Fsp3) is 0.346. The third-order valence-electron chi connectivity index (χ3n) is 11.0. The topological polar surface area (TPSA) is 102 Å². The SMILES string of the molecule is C=CCOC(=O)[C@H](Cc1ccccc1)NC(=O)[C@H](OCc1ccccc1)[C@@H](OCc1ccccc1)[C@H](OCc1ccccc1)[C@@H](COCc1ccccc1)O[Si](CC)(CC)CC. The van der Waals surface area contributed by atoms with Gasteiger partial charge in [-0.25, -0.2) is 4.79 Å². The molecule has 62 heavy (non-hydrogen) atoms. The molecule has 5 aromatic rings. The Morgan fingerprint density at radius 1 is 0.581 bits per heavy atom.